The van der Waals surface area contributed by atoms with Crippen molar-refractivity contribution < 1.29 is 9.84 Å². The first-order chi connectivity index (χ1) is 18.3. The quantitative estimate of drug-likeness (QED) is 0.271. The van der Waals surface area contributed by atoms with Gasteiger partial charge in [0.15, 0.2) is 0 Å². The Bertz CT molecular complexity index is 1600. The van der Waals surface area contributed by atoms with Crippen molar-refractivity contribution >= 4 is 21.5 Å². The minimum absolute atomic E-state index is 0.117. The maximum absolute atomic E-state index is 10.1. The topological polar surface area (TPSA) is 32.7 Å². The van der Waals surface area contributed by atoms with Gasteiger partial charge in [0.25, 0.3) is 0 Å². The fraction of sp³-hybridized carbons (Fsp3) is 0.235. The zero-order valence-corrected chi connectivity index (χ0v) is 21.0. The Kier molecular flexibility index (Phi) is 5.59. The third-order valence-corrected chi connectivity index (χ3v) is 8.22. The Hall–Kier alpha value is -3.82. The van der Waals surface area contributed by atoms with E-state index in [0.29, 0.717) is 5.75 Å². The van der Waals surface area contributed by atoms with E-state index in [0.717, 1.165) is 24.3 Å². The summed E-state index contributed by atoms with van der Waals surface area (Å²) < 4.78 is 6.15. The van der Waals surface area contributed by atoms with Crippen molar-refractivity contribution in [3.63, 3.8) is 0 Å². The van der Waals surface area contributed by atoms with E-state index >= 15 is 0 Å². The van der Waals surface area contributed by atoms with Crippen LogP contribution in [0.2, 0.25) is 0 Å². The highest BCUT2D eigenvalue weighted by atomic mass is 16.5. The lowest BCUT2D eigenvalue weighted by molar-refractivity contribution is 0.183. The van der Waals surface area contributed by atoms with Crippen LogP contribution in [0.5, 0.6) is 11.5 Å². The summed E-state index contributed by atoms with van der Waals surface area (Å²) in [4.78, 5) is 2.51. The molecule has 1 N–H and O–H groups in total. The molecular weight excluding hydrogens is 454 g/mol. The van der Waals surface area contributed by atoms with Crippen LogP contribution >= 0.6 is 0 Å². The van der Waals surface area contributed by atoms with E-state index in [9.17, 15) is 5.11 Å². The van der Waals surface area contributed by atoms with Crippen LogP contribution in [-0.4, -0.2) is 36.2 Å². The summed E-state index contributed by atoms with van der Waals surface area (Å²) in [6.07, 6.45) is 3.97. The van der Waals surface area contributed by atoms with E-state index in [2.05, 4.69) is 83.8 Å². The first-order valence-corrected chi connectivity index (χ1v) is 13.5. The predicted octanol–water partition coefficient (Wildman–Crippen LogP) is 7.72. The molecule has 3 heteroatoms. The van der Waals surface area contributed by atoms with E-state index in [1.807, 2.05) is 6.07 Å². The molecule has 5 aromatic rings. The van der Waals surface area contributed by atoms with Crippen LogP contribution < -0.4 is 4.74 Å². The maximum atomic E-state index is 10.1. The number of rotatable bonds is 5. The number of nitrogens with zero attached hydrogens (tertiary/aromatic N) is 1. The molecule has 1 aliphatic heterocycles. The van der Waals surface area contributed by atoms with Gasteiger partial charge in [-0.25, -0.2) is 0 Å². The SMILES string of the molecule is Oc1ccc2c3c(ccc2c1)-c1ccc2ccccc2c1C3c1ccc(OCCN2CCCCC2)cc1. The highest BCUT2D eigenvalue weighted by Gasteiger charge is 2.33. The molecule has 5 aromatic carbocycles. The van der Waals surface area contributed by atoms with Gasteiger partial charge in [0, 0.05) is 12.5 Å². The predicted molar refractivity (Wildman–Crippen MR) is 152 cm³/mol. The highest BCUT2D eigenvalue weighted by molar-refractivity contribution is 6.03. The summed E-state index contributed by atoms with van der Waals surface area (Å²) in [6.45, 7) is 4.12. The molecule has 0 radical (unpaired) electrons. The number of piperidine rings is 1. The fourth-order valence-corrected chi connectivity index (χ4v) is 6.44. The van der Waals surface area contributed by atoms with Gasteiger partial charge in [-0.1, -0.05) is 73.2 Å². The van der Waals surface area contributed by atoms with Crippen LogP contribution in [0.1, 0.15) is 41.9 Å². The van der Waals surface area contributed by atoms with Crippen molar-refractivity contribution in [2.75, 3.05) is 26.2 Å². The molecule has 184 valence electrons. The van der Waals surface area contributed by atoms with E-state index < -0.39 is 0 Å². The third-order valence-electron chi connectivity index (χ3n) is 8.22. The average Bonchev–Trinajstić information content (AvgIpc) is 3.29. The van der Waals surface area contributed by atoms with Gasteiger partial charge in [0.2, 0.25) is 0 Å². The Morgan fingerprint density at radius 1 is 0.703 bits per heavy atom. The molecule has 1 aliphatic carbocycles. The molecule has 0 saturated carbocycles. The summed E-state index contributed by atoms with van der Waals surface area (Å²) in [5, 5.41) is 15.0. The molecule has 7 rings (SSSR count). The second-order valence-electron chi connectivity index (χ2n) is 10.4. The number of benzene rings is 5. The average molecular weight is 486 g/mol. The summed E-state index contributed by atoms with van der Waals surface area (Å²) in [5.74, 6) is 1.35. The lowest BCUT2D eigenvalue weighted by atomic mass is 9.85. The second-order valence-corrected chi connectivity index (χ2v) is 10.4. The molecule has 1 saturated heterocycles. The first kappa shape index (κ1) is 22.4. The normalized spacial score (nSPS) is 17.1. The number of phenols is 1. The molecule has 0 spiro atoms. The minimum atomic E-state index is 0.117. The van der Waals surface area contributed by atoms with Gasteiger partial charge in [-0.3, -0.25) is 4.90 Å². The van der Waals surface area contributed by atoms with Crippen molar-refractivity contribution in [2.24, 2.45) is 0 Å². The van der Waals surface area contributed by atoms with Crippen LogP contribution in [-0.2, 0) is 0 Å². The Balaban J connectivity index is 1.29. The molecule has 1 atom stereocenters. The van der Waals surface area contributed by atoms with Crippen molar-refractivity contribution in [1.29, 1.82) is 0 Å². The number of hydrogen-bond acceptors (Lipinski definition) is 3. The Morgan fingerprint density at radius 2 is 1.41 bits per heavy atom. The van der Waals surface area contributed by atoms with Gasteiger partial charge in [-0.05, 0) is 99.6 Å². The summed E-state index contributed by atoms with van der Waals surface area (Å²) in [5.41, 5.74) is 6.54. The van der Waals surface area contributed by atoms with Crippen LogP contribution in [0.4, 0.5) is 0 Å². The van der Waals surface area contributed by atoms with Gasteiger partial charge < -0.3 is 9.84 Å². The summed E-state index contributed by atoms with van der Waals surface area (Å²) in [7, 11) is 0. The third kappa shape index (κ3) is 3.95. The van der Waals surface area contributed by atoms with Crippen molar-refractivity contribution in [2.45, 2.75) is 25.2 Å². The maximum Gasteiger partial charge on any atom is 0.119 e. The van der Waals surface area contributed by atoms with Crippen LogP contribution in [0, 0.1) is 0 Å². The van der Waals surface area contributed by atoms with Gasteiger partial charge in [-0.2, -0.15) is 0 Å². The molecule has 0 amide bonds. The number of fused-ring (bicyclic) bond motifs is 7. The molecule has 0 aromatic heterocycles. The molecular formula is C34H31NO2. The zero-order chi connectivity index (χ0) is 24.8. The Labute approximate surface area is 217 Å². The molecule has 1 fully saturated rings. The monoisotopic (exact) mass is 485 g/mol. The van der Waals surface area contributed by atoms with Crippen LogP contribution in [0.15, 0.2) is 91.0 Å². The van der Waals surface area contributed by atoms with Gasteiger partial charge >= 0.3 is 0 Å². The van der Waals surface area contributed by atoms with E-state index in [4.69, 9.17) is 4.74 Å². The molecule has 3 nitrogen and oxygen atoms in total. The van der Waals surface area contributed by atoms with Crippen LogP contribution in [0.3, 0.4) is 0 Å². The lowest BCUT2D eigenvalue weighted by Gasteiger charge is -2.26. The second kappa shape index (κ2) is 9.24. The van der Waals surface area contributed by atoms with Crippen molar-refractivity contribution in [3.8, 4) is 22.6 Å². The fourth-order valence-electron chi connectivity index (χ4n) is 6.44. The first-order valence-electron chi connectivity index (χ1n) is 13.5. The van der Waals surface area contributed by atoms with Crippen molar-refractivity contribution in [3.05, 3.63) is 108 Å². The molecule has 2 aliphatic rings. The van der Waals surface area contributed by atoms with Crippen molar-refractivity contribution in [1.82, 2.24) is 4.90 Å². The van der Waals surface area contributed by atoms with E-state index in [-0.39, 0.29) is 5.92 Å². The number of phenolic OH excluding ortho intramolecular Hbond substituents is 1. The minimum Gasteiger partial charge on any atom is -0.508 e. The highest BCUT2D eigenvalue weighted by Crippen LogP contribution is 2.53. The largest absolute Gasteiger partial charge is 0.508 e. The molecule has 1 unspecified atom stereocenters. The number of aromatic hydroxyl groups is 1. The summed E-state index contributed by atoms with van der Waals surface area (Å²) >= 11 is 0. The molecule has 37 heavy (non-hydrogen) atoms. The van der Waals surface area contributed by atoms with E-state index in [1.54, 1.807) is 6.07 Å². The van der Waals surface area contributed by atoms with Gasteiger partial charge in [-0.15, -0.1) is 0 Å². The number of hydrogen-bond donors (Lipinski definition) is 1. The number of likely N-dealkylation sites (tertiary alicyclic amines) is 1. The summed E-state index contributed by atoms with van der Waals surface area (Å²) in [6, 6.07) is 32.1. The molecule has 0 bridgehead atoms. The lowest BCUT2D eigenvalue weighted by Crippen LogP contribution is -2.33. The van der Waals surface area contributed by atoms with E-state index in [1.165, 1.54) is 76.3 Å². The number of ether oxygens (including phenoxy) is 1. The zero-order valence-electron chi connectivity index (χ0n) is 21.0. The standard InChI is InChI=1S/C34H31NO2/c36-26-12-17-29-25(22-26)11-16-31-30-15-10-23-6-2-3-7-28(23)33(30)32(34(29)31)24-8-13-27(14-9-24)37-21-20-35-18-4-1-5-19-35/h2-3,6-17,22,32,36H,1,4-5,18-21H2. The van der Waals surface area contributed by atoms with Crippen LogP contribution in [0.25, 0.3) is 32.7 Å². The molecule has 1 heterocycles. The smallest absolute Gasteiger partial charge is 0.119 e. The Morgan fingerprint density at radius 3 is 2.19 bits per heavy atom. The van der Waals surface area contributed by atoms with Gasteiger partial charge in [0.1, 0.15) is 18.1 Å². The van der Waals surface area contributed by atoms with Gasteiger partial charge in [0.05, 0.1) is 0 Å².